The van der Waals surface area contributed by atoms with E-state index in [9.17, 15) is 14.4 Å². The van der Waals surface area contributed by atoms with Crippen molar-refractivity contribution in [3.8, 4) is 11.5 Å². The molecule has 0 bridgehead atoms. The number of amides is 3. The number of unbranched alkanes of at least 4 members (excludes halogenated alkanes) is 4. The average molecular weight is 815 g/mol. The first-order valence-electron chi connectivity index (χ1n) is 19.4. The summed E-state index contributed by atoms with van der Waals surface area (Å²) in [5, 5.41) is 10.1. The number of piperidine rings is 1. The van der Waals surface area contributed by atoms with Gasteiger partial charge >= 0.3 is 0 Å². The van der Waals surface area contributed by atoms with Crippen LogP contribution >= 0.6 is 15.9 Å². The first-order chi connectivity index (χ1) is 26.7. The Bertz CT molecular complexity index is 1970. The first kappa shape index (κ1) is 39.9. The number of aromatic nitrogens is 2. The molecule has 1 unspecified atom stereocenters. The van der Waals surface area contributed by atoms with Crippen molar-refractivity contribution >= 4 is 56.1 Å². The molecule has 0 aliphatic carbocycles. The normalized spacial score (nSPS) is 16.8. The Morgan fingerprint density at radius 2 is 1.75 bits per heavy atom. The molecule has 13 heteroatoms. The van der Waals surface area contributed by atoms with Gasteiger partial charge in [-0.1, -0.05) is 59.5 Å². The van der Waals surface area contributed by atoms with E-state index in [1.165, 1.54) is 0 Å². The van der Waals surface area contributed by atoms with Crippen molar-refractivity contribution in [2.24, 2.45) is 0 Å². The van der Waals surface area contributed by atoms with Crippen molar-refractivity contribution in [3.63, 3.8) is 0 Å². The molecule has 2 saturated heterocycles. The van der Waals surface area contributed by atoms with Crippen molar-refractivity contribution in [1.29, 1.82) is 0 Å². The lowest BCUT2D eigenvalue weighted by atomic mass is 9.90. The summed E-state index contributed by atoms with van der Waals surface area (Å²) in [6, 6.07) is 19.8. The number of piperazine rings is 1. The highest BCUT2D eigenvalue weighted by atomic mass is 79.9. The number of nitrogens with zero attached hydrogens (tertiary/aromatic N) is 4. The summed E-state index contributed by atoms with van der Waals surface area (Å²) in [6.07, 6.45) is 6.31. The Hall–Kier alpha value is -4.75. The lowest BCUT2D eigenvalue weighted by molar-refractivity contribution is -0.134. The zero-order chi connectivity index (χ0) is 38.7. The molecule has 2 aliphatic rings. The molecule has 3 heterocycles. The summed E-state index contributed by atoms with van der Waals surface area (Å²) >= 11 is 3.57. The number of imide groups is 1. The Balaban J connectivity index is 0.866. The SMILES string of the molecule is COc1cc2c(N[C@H](C)c3cccc(Br)c3)nc(C)nc2cc1OCCCCCCCN1CCN(C(=O)CNc2cccc(C3CCC(=O)NC3=O)c2)CC1. The van der Waals surface area contributed by atoms with Crippen LogP contribution in [0.5, 0.6) is 11.5 Å². The lowest BCUT2D eigenvalue weighted by Crippen LogP contribution is -2.50. The predicted octanol–water partition coefficient (Wildman–Crippen LogP) is 6.99. The van der Waals surface area contributed by atoms with E-state index in [0.29, 0.717) is 36.8 Å². The van der Waals surface area contributed by atoms with Crippen LogP contribution in [0.3, 0.4) is 0 Å². The standard InChI is InChI=1S/C42H52BrN7O5/c1-28(30-11-9-13-32(43)23-30)45-41-35-25-37(54-3)38(26-36(35)46-29(2)47-41)55-22-8-6-4-5-7-17-49-18-20-50(21-19-49)40(52)27-44-33-14-10-12-31(24-33)34-15-16-39(51)48-42(34)53/h9-14,23-26,28,34,44H,4-8,15-22,27H2,1-3H3,(H,45,46,47)(H,48,51,53)/t28-,34?/m1/s1. The maximum Gasteiger partial charge on any atom is 0.241 e. The summed E-state index contributed by atoms with van der Waals surface area (Å²) in [7, 11) is 1.66. The molecule has 55 heavy (non-hydrogen) atoms. The number of ether oxygens (including phenoxy) is 2. The number of hydrogen-bond donors (Lipinski definition) is 3. The van der Waals surface area contributed by atoms with Gasteiger partial charge in [0, 0.05) is 54.2 Å². The van der Waals surface area contributed by atoms with Gasteiger partial charge in [-0.15, -0.1) is 0 Å². The Morgan fingerprint density at radius 1 is 0.964 bits per heavy atom. The monoisotopic (exact) mass is 813 g/mol. The third-order valence-corrected chi connectivity index (χ3v) is 10.9. The third-order valence-electron chi connectivity index (χ3n) is 10.4. The minimum Gasteiger partial charge on any atom is -0.493 e. The number of benzene rings is 3. The maximum atomic E-state index is 13.0. The van der Waals surface area contributed by atoms with Gasteiger partial charge in [0.15, 0.2) is 11.5 Å². The fraction of sp³-hybridized carbons (Fsp3) is 0.452. The first-order valence-corrected chi connectivity index (χ1v) is 20.1. The molecule has 0 spiro atoms. The van der Waals surface area contributed by atoms with Gasteiger partial charge in [-0.2, -0.15) is 0 Å². The number of anilines is 2. The highest BCUT2D eigenvalue weighted by Gasteiger charge is 2.28. The van der Waals surface area contributed by atoms with E-state index in [-0.39, 0.29) is 36.2 Å². The molecule has 3 N–H and O–H groups in total. The molecule has 3 aromatic carbocycles. The van der Waals surface area contributed by atoms with E-state index in [4.69, 9.17) is 19.4 Å². The zero-order valence-electron chi connectivity index (χ0n) is 32.0. The van der Waals surface area contributed by atoms with Crippen molar-refractivity contribution in [1.82, 2.24) is 25.1 Å². The summed E-state index contributed by atoms with van der Waals surface area (Å²) in [5.74, 6) is 2.03. The van der Waals surface area contributed by atoms with E-state index in [2.05, 4.69) is 55.8 Å². The molecule has 2 atom stereocenters. The Morgan fingerprint density at radius 3 is 2.53 bits per heavy atom. The van der Waals surface area contributed by atoms with Gasteiger partial charge in [-0.25, -0.2) is 9.97 Å². The predicted molar refractivity (Wildman–Crippen MR) is 219 cm³/mol. The van der Waals surface area contributed by atoms with Gasteiger partial charge in [-0.3, -0.25) is 24.6 Å². The quantitative estimate of drug-likeness (QED) is 0.0756. The van der Waals surface area contributed by atoms with Crippen LogP contribution in [0.4, 0.5) is 11.5 Å². The average Bonchev–Trinajstić information content (AvgIpc) is 3.18. The summed E-state index contributed by atoms with van der Waals surface area (Å²) in [6.45, 7) is 9.07. The van der Waals surface area contributed by atoms with Crippen LogP contribution in [-0.2, 0) is 14.4 Å². The van der Waals surface area contributed by atoms with Crippen LogP contribution < -0.4 is 25.4 Å². The second-order valence-corrected chi connectivity index (χ2v) is 15.3. The number of carbonyl (C=O) groups is 3. The second kappa shape index (κ2) is 19.2. The molecule has 12 nitrogen and oxygen atoms in total. The molecule has 6 rings (SSSR count). The van der Waals surface area contributed by atoms with Gasteiger partial charge < -0.3 is 25.0 Å². The van der Waals surface area contributed by atoms with E-state index >= 15 is 0 Å². The summed E-state index contributed by atoms with van der Waals surface area (Å²) in [4.78, 5) is 50.5. The molecular weight excluding hydrogens is 762 g/mol. The number of rotatable bonds is 17. The number of hydrogen-bond acceptors (Lipinski definition) is 10. The number of methoxy groups -OCH3 is 1. The van der Waals surface area contributed by atoms with Gasteiger partial charge in [0.1, 0.15) is 11.6 Å². The summed E-state index contributed by atoms with van der Waals surface area (Å²) < 4.78 is 13.0. The van der Waals surface area contributed by atoms with Crippen molar-refractivity contribution < 1.29 is 23.9 Å². The largest absolute Gasteiger partial charge is 0.493 e. The molecule has 2 aliphatic heterocycles. The van der Waals surface area contributed by atoms with E-state index < -0.39 is 0 Å². The fourth-order valence-corrected chi connectivity index (χ4v) is 7.65. The van der Waals surface area contributed by atoms with E-state index in [1.54, 1.807) is 7.11 Å². The van der Waals surface area contributed by atoms with Crippen molar-refractivity contribution in [2.75, 3.05) is 63.6 Å². The smallest absolute Gasteiger partial charge is 0.241 e. The minimum atomic E-state index is -0.347. The highest BCUT2D eigenvalue weighted by molar-refractivity contribution is 9.10. The van der Waals surface area contributed by atoms with Crippen LogP contribution in [0, 0.1) is 6.92 Å². The van der Waals surface area contributed by atoms with Crippen LogP contribution in [0.1, 0.15) is 80.8 Å². The fourth-order valence-electron chi connectivity index (χ4n) is 7.24. The van der Waals surface area contributed by atoms with Crippen LogP contribution in [0.2, 0.25) is 0 Å². The van der Waals surface area contributed by atoms with Gasteiger partial charge in [-0.05, 0) is 81.1 Å². The molecule has 2 fully saturated rings. The van der Waals surface area contributed by atoms with E-state index in [0.717, 1.165) is 103 Å². The summed E-state index contributed by atoms with van der Waals surface area (Å²) in [5.41, 5.74) is 3.60. The molecule has 292 valence electrons. The molecule has 1 aromatic heterocycles. The van der Waals surface area contributed by atoms with Crippen LogP contribution in [-0.4, -0.2) is 90.5 Å². The van der Waals surface area contributed by atoms with Crippen LogP contribution in [0.25, 0.3) is 10.9 Å². The Kier molecular flexibility index (Phi) is 13.9. The zero-order valence-corrected chi connectivity index (χ0v) is 33.6. The second-order valence-electron chi connectivity index (χ2n) is 14.4. The molecule has 0 radical (unpaired) electrons. The molecule has 0 saturated carbocycles. The van der Waals surface area contributed by atoms with Crippen LogP contribution in [0.15, 0.2) is 65.1 Å². The number of carbonyl (C=O) groups excluding carboxylic acids is 3. The molecular formula is C42H52BrN7O5. The number of aryl methyl sites for hydroxylation is 1. The highest BCUT2D eigenvalue weighted by Crippen LogP contribution is 2.36. The number of fused-ring (bicyclic) bond motifs is 1. The topological polar surface area (TPSA) is 138 Å². The maximum absolute atomic E-state index is 13.0. The lowest BCUT2D eigenvalue weighted by Gasteiger charge is -2.35. The number of nitrogens with one attached hydrogen (secondary N) is 3. The van der Waals surface area contributed by atoms with Gasteiger partial charge in [0.05, 0.1) is 37.7 Å². The molecule has 4 aromatic rings. The van der Waals surface area contributed by atoms with Gasteiger partial charge in [0.25, 0.3) is 0 Å². The van der Waals surface area contributed by atoms with Crippen molar-refractivity contribution in [3.05, 3.63) is 82.1 Å². The molecule has 3 amide bonds. The van der Waals surface area contributed by atoms with E-state index in [1.807, 2.05) is 60.4 Å². The minimum absolute atomic E-state index is 0.0407. The number of halogens is 1. The third kappa shape index (κ3) is 10.9. The Labute approximate surface area is 331 Å². The van der Waals surface area contributed by atoms with Gasteiger partial charge in [0.2, 0.25) is 17.7 Å². The van der Waals surface area contributed by atoms with Crippen molar-refractivity contribution in [2.45, 2.75) is 70.8 Å².